The molecule has 6 nitrogen and oxygen atoms in total. The fourth-order valence-electron chi connectivity index (χ4n) is 5.41. The third kappa shape index (κ3) is 5.49. The number of hydrogen-bond acceptors (Lipinski definition) is 5. The van der Waals surface area contributed by atoms with E-state index in [1.807, 2.05) is 0 Å². The zero-order valence-electron chi connectivity index (χ0n) is 23.4. The number of rotatable bonds is 9. The fraction of sp³-hybridized carbons (Fsp3) is 0.387. The molecule has 1 heterocycles. The van der Waals surface area contributed by atoms with Gasteiger partial charge in [-0.1, -0.05) is 41.4 Å². The molecule has 1 aliphatic heterocycles. The molecular weight excluding hydrogens is 587 g/mol. The summed E-state index contributed by atoms with van der Waals surface area (Å²) in [5.74, 6) is -1.23. The quantitative estimate of drug-likeness (QED) is 0.276. The number of nitrogens with zero attached hydrogens (tertiary/aromatic N) is 1. The second-order valence-electron chi connectivity index (χ2n) is 12.1. The number of halogens is 3. The predicted molar refractivity (Wildman–Crippen MR) is 159 cm³/mol. The van der Waals surface area contributed by atoms with Crippen molar-refractivity contribution in [3.05, 3.63) is 98.3 Å². The first kappa shape index (κ1) is 30.2. The molecule has 218 valence electrons. The number of carbonyl (C=O) groups excluding carboxylic acids is 1. The van der Waals surface area contributed by atoms with Crippen LogP contribution in [-0.2, 0) is 27.2 Å². The number of amides is 1. The van der Waals surface area contributed by atoms with Crippen molar-refractivity contribution in [3.63, 3.8) is 0 Å². The lowest BCUT2D eigenvalue weighted by Crippen LogP contribution is -2.48. The van der Waals surface area contributed by atoms with Gasteiger partial charge >= 0.3 is 0 Å². The van der Waals surface area contributed by atoms with Crippen LogP contribution in [0, 0.1) is 11.2 Å². The lowest BCUT2D eigenvalue weighted by atomic mass is 9.88. The van der Waals surface area contributed by atoms with Crippen LogP contribution in [0.5, 0.6) is 0 Å². The molecule has 3 aromatic carbocycles. The van der Waals surface area contributed by atoms with Gasteiger partial charge < -0.3 is 19.5 Å². The van der Waals surface area contributed by atoms with Gasteiger partial charge in [0.25, 0.3) is 5.91 Å². The average molecular weight is 620 g/mol. The van der Waals surface area contributed by atoms with E-state index >= 15 is 4.39 Å². The summed E-state index contributed by atoms with van der Waals surface area (Å²) in [5, 5.41) is 22.1. The van der Waals surface area contributed by atoms with Gasteiger partial charge in [0.1, 0.15) is 13.0 Å². The lowest BCUT2D eigenvalue weighted by Gasteiger charge is -2.41. The largest absolute Gasteiger partial charge is 0.396 e. The third-order valence-electron chi connectivity index (χ3n) is 8.06. The second-order valence-corrected chi connectivity index (χ2v) is 16.1. The summed E-state index contributed by atoms with van der Waals surface area (Å²) in [6, 6.07) is 14.4. The van der Waals surface area contributed by atoms with Crippen molar-refractivity contribution in [1.29, 1.82) is 0 Å². The Morgan fingerprint density at radius 1 is 1.05 bits per heavy atom. The lowest BCUT2D eigenvalue weighted by molar-refractivity contribution is -0.130. The predicted octanol–water partition coefficient (Wildman–Crippen LogP) is 6.25. The number of aliphatic hydroxyl groups is 2. The van der Waals surface area contributed by atoms with E-state index in [2.05, 4.69) is 0 Å². The number of benzene rings is 3. The Bertz CT molecular complexity index is 1560. The highest BCUT2D eigenvalue weighted by atomic mass is 35.5. The first-order valence-electron chi connectivity index (χ1n) is 13.3. The molecule has 5 rings (SSSR count). The topological polar surface area (TPSA) is 87.1 Å². The molecule has 3 aromatic rings. The number of fused-ring (bicyclic) bond motifs is 1. The summed E-state index contributed by atoms with van der Waals surface area (Å²) in [5.41, 5.74) is -2.30. The SMILES string of the molecule is CC(C)(O)c1cc(F)c2c(c1)C(=O)N(Cc1ccc(Cl)cc1P(C)(C)=O)C2(OCC1(CO)CC1)c1ccc(Cl)cc1. The molecule has 0 saturated heterocycles. The van der Waals surface area contributed by atoms with Gasteiger partial charge in [-0.15, -0.1) is 0 Å². The Balaban J connectivity index is 1.78. The van der Waals surface area contributed by atoms with Crippen LogP contribution in [0.2, 0.25) is 10.0 Å². The van der Waals surface area contributed by atoms with Crippen LogP contribution in [0.1, 0.15) is 59.3 Å². The molecule has 2 N–H and O–H groups in total. The fourth-order valence-corrected chi connectivity index (χ4v) is 7.07. The van der Waals surface area contributed by atoms with Crippen LogP contribution in [0.15, 0.2) is 54.6 Å². The third-order valence-corrected chi connectivity index (χ3v) is 10.1. The average Bonchev–Trinajstić information content (AvgIpc) is 3.64. The number of hydrogen-bond donors (Lipinski definition) is 2. The summed E-state index contributed by atoms with van der Waals surface area (Å²) in [7, 11) is -2.85. The molecular formula is C31H33Cl2FNO5P. The van der Waals surface area contributed by atoms with E-state index in [0.717, 1.165) is 12.8 Å². The molecule has 0 radical (unpaired) electrons. The Kier molecular flexibility index (Phi) is 7.72. The highest BCUT2D eigenvalue weighted by molar-refractivity contribution is 7.70. The zero-order chi connectivity index (χ0) is 30.0. The van der Waals surface area contributed by atoms with Crippen LogP contribution in [0.4, 0.5) is 4.39 Å². The van der Waals surface area contributed by atoms with Gasteiger partial charge in [-0.25, -0.2) is 4.39 Å². The number of ether oxygens (including phenoxy) is 1. The Morgan fingerprint density at radius 2 is 1.68 bits per heavy atom. The van der Waals surface area contributed by atoms with E-state index in [4.69, 9.17) is 27.9 Å². The van der Waals surface area contributed by atoms with Crippen LogP contribution in [-0.4, -0.2) is 47.6 Å². The van der Waals surface area contributed by atoms with E-state index in [-0.39, 0.29) is 36.4 Å². The summed E-state index contributed by atoms with van der Waals surface area (Å²) < 4.78 is 36.4. The minimum Gasteiger partial charge on any atom is -0.396 e. The van der Waals surface area contributed by atoms with Gasteiger partial charge in [0.05, 0.1) is 36.5 Å². The monoisotopic (exact) mass is 619 g/mol. The zero-order valence-corrected chi connectivity index (χ0v) is 25.8. The van der Waals surface area contributed by atoms with Gasteiger partial charge in [-0.3, -0.25) is 9.69 Å². The molecule has 1 aliphatic carbocycles. The van der Waals surface area contributed by atoms with Crippen molar-refractivity contribution < 1.29 is 28.7 Å². The van der Waals surface area contributed by atoms with Gasteiger partial charge in [-0.2, -0.15) is 0 Å². The molecule has 1 atom stereocenters. The normalized spacial score (nSPS) is 19.9. The molecule has 0 aromatic heterocycles. The van der Waals surface area contributed by atoms with Crippen molar-refractivity contribution >= 4 is 41.6 Å². The van der Waals surface area contributed by atoms with Crippen molar-refractivity contribution in [2.45, 2.75) is 44.6 Å². The number of carbonyl (C=O) groups is 1. The van der Waals surface area contributed by atoms with Gasteiger partial charge in [0, 0.05) is 26.3 Å². The van der Waals surface area contributed by atoms with E-state index in [1.54, 1.807) is 55.8 Å². The summed E-state index contributed by atoms with van der Waals surface area (Å²) in [6.07, 6.45) is 1.47. The van der Waals surface area contributed by atoms with Crippen LogP contribution in [0.25, 0.3) is 0 Å². The highest BCUT2D eigenvalue weighted by Crippen LogP contribution is 2.52. The Labute approximate surface area is 249 Å². The van der Waals surface area contributed by atoms with Gasteiger partial charge in [0.2, 0.25) is 0 Å². The summed E-state index contributed by atoms with van der Waals surface area (Å²) in [6.45, 7) is 6.17. The van der Waals surface area contributed by atoms with Crippen LogP contribution < -0.4 is 5.30 Å². The van der Waals surface area contributed by atoms with Crippen molar-refractivity contribution in [2.75, 3.05) is 26.5 Å². The molecule has 0 bridgehead atoms. The maximum Gasteiger partial charge on any atom is 0.257 e. The molecule has 10 heteroatoms. The Morgan fingerprint density at radius 3 is 2.24 bits per heavy atom. The highest BCUT2D eigenvalue weighted by Gasteiger charge is 2.56. The second kappa shape index (κ2) is 10.5. The molecule has 1 unspecified atom stereocenters. The van der Waals surface area contributed by atoms with Crippen LogP contribution in [0.3, 0.4) is 0 Å². The standard InChI is InChI=1S/C31H33Cl2FNO5P/c1-29(2,38)21-13-24-27(25(34)14-21)31(20-6-9-22(32)10-7-20,40-18-30(17-36)11-12-30)35(28(24)37)16-19-5-8-23(33)15-26(19)41(3,4)39/h5-10,13-15,36,38H,11-12,16-18H2,1-4H3. The summed E-state index contributed by atoms with van der Waals surface area (Å²) >= 11 is 12.5. The van der Waals surface area contributed by atoms with E-state index in [9.17, 15) is 19.6 Å². The number of aliphatic hydroxyl groups excluding tert-OH is 1. The first-order valence-corrected chi connectivity index (χ1v) is 16.7. The minimum absolute atomic E-state index is 0.0123. The maximum absolute atomic E-state index is 16.4. The van der Waals surface area contributed by atoms with Crippen molar-refractivity contribution in [1.82, 2.24) is 4.90 Å². The Hall–Kier alpha value is -2.25. The molecule has 0 spiro atoms. The molecule has 1 saturated carbocycles. The van der Waals surface area contributed by atoms with Crippen molar-refractivity contribution in [2.24, 2.45) is 5.41 Å². The summed E-state index contributed by atoms with van der Waals surface area (Å²) in [4.78, 5) is 15.8. The minimum atomic E-state index is -2.85. The maximum atomic E-state index is 16.4. The molecule has 1 fully saturated rings. The smallest absolute Gasteiger partial charge is 0.257 e. The molecule has 41 heavy (non-hydrogen) atoms. The van der Waals surface area contributed by atoms with E-state index < -0.39 is 35.6 Å². The van der Waals surface area contributed by atoms with Crippen molar-refractivity contribution in [3.8, 4) is 0 Å². The molecule has 1 amide bonds. The van der Waals surface area contributed by atoms with Gasteiger partial charge in [0.15, 0.2) is 5.72 Å². The van der Waals surface area contributed by atoms with Crippen LogP contribution >= 0.6 is 30.3 Å². The first-order chi connectivity index (χ1) is 19.1. The van der Waals surface area contributed by atoms with E-state index in [1.165, 1.54) is 30.9 Å². The molecule has 2 aliphatic rings. The van der Waals surface area contributed by atoms with E-state index in [0.29, 0.717) is 26.5 Å². The van der Waals surface area contributed by atoms with Gasteiger partial charge in [-0.05, 0) is 87.5 Å².